The van der Waals surface area contributed by atoms with Crippen LogP contribution in [0.1, 0.15) is 39.5 Å². The fourth-order valence-corrected chi connectivity index (χ4v) is 2.74. The van der Waals surface area contributed by atoms with Crippen molar-refractivity contribution in [2.75, 3.05) is 19.6 Å². The van der Waals surface area contributed by atoms with E-state index in [0.29, 0.717) is 25.9 Å². The summed E-state index contributed by atoms with van der Waals surface area (Å²) in [5.41, 5.74) is -0.722. The minimum Gasteiger partial charge on any atom is -0.386 e. The molecule has 0 spiro atoms. The molecule has 1 unspecified atom stereocenters. The van der Waals surface area contributed by atoms with Gasteiger partial charge in [-0.15, -0.1) is 0 Å². The SMILES string of the molecule is CC(CC(=O)N1CC(C)(O)C1)N1CCCCC1=O. The van der Waals surface area contributed by atoms with Gasteiger partial charge in [0.05, 0.1) is 18.7 Å². The van der Waals surface area contributed by atoms with Gasteiger partial charge in [-0.1, -0.05) is 0 Å². The molecule has 0 aliphatic carbocycles. The number of nitrogens with zero attached hydrogens (tertiary/aromatic N) is 2. The molecule has 2 aliphatic heterocycles. The maximum atomic E-state index is 11.9. The van der Waals surface area contributed by atoms with Crippen LogP contribution in [0.25, 0.3) is 0 Å². The van der Waals surface area contributed by atoms with Crippen LogP contribution >= 0.6 is 0 Å². The van der Waals surface area contributed by atoms with Crippen molar-refractivity contribution in [1.29, 1.82) is 0 Å². The second kappa shape index (κ2) is 4.88. The summed E-state index contributed by atoms with van der Waals surface area (Å²) in [5.74, 6) is 0.199. The molecule has 5 heteroatoms. The summed E-state index contributed by atoms with van der Waals surface area (Å²) in [4.78, 5) is 27.2. The molecule has 0 saturated carbocycles. The van der Waals surface area contributed by atoms with Gasteiger partial charge in [-0.25, -0.2) is 0 Å². The maximum Gasteiger partial charge on any atom is 0.224 e. The van der Waals surface area contributed by atoms with E-state index in [1.165, 1.54) is 0 Å². The van der Waals surface area contributed by atoms with Crippen molar-refractivity contribution in [2.24, 2.45) is 0 Å². The predicted octanol–water partition coefficient (Wildman–Crippen LogP) is 0.371. The van der Waals surface area contributed by atoms with Crippen LogP contribution in [0.2, 0.25) is 0 Å². The number of rotatable bonds is 3. The standard InChI is InChI=1S/C13H22N2O3/c1-10(15-6-4-3-5-11(15)16)7-12(17)14-8-13(2,18)9-14/h10,18H,3-9H2,1-2H3. The molecule has 0 aromatic rings. The quantitative estimate of drug-likeness (QED) is 0.791. The number of piperidine rings is 1. The highest BCUT2D eigenvalue weighted by atomic mass is 16.3. The average Bonchev–Trinajstić information content (AvgIpc) is 2.26. The molecule has 2 amide bonds. The first-order valence-corrected chi connectivity index (χ1v) is 6.69. The zero-order valence-corrected chi connectivity index (χ0v) is 11.2. The maximum absolute atomic E-state index is 11.9. The predicted molar refractivity (Wildman–Crippen MR) is 66.8 cm³/mol. The van der Waals surface area contributed by atoms with Crippen molar-refractivity contribution in [3.05, 3.63) is 0 Å². The zero-order chi connectivity index (χ0) is 13.3. The first-order chi connectivity index (χ1) is 8.39. The highest BCUT2D eigenvalue weighted by Crippen LogP contribution is 2.22. The Labute approximate surface area is 108 Å². The Bertz CT molecular complexity index is 346. The molecule has 5 nitrogen and oxygen atoms in total. The average molecular weight is 254 g/mol. The number of likely N-dealkylation sites (tertiary alicyclic amines) is 2. The molecular weight excluding hydrogens is 232 g/mol. The van der Waals surface area contributed by atoms with Gasteiger partial charge in [-0.3, -0.25) is 9.59 Å². The summed E-state index contributed by atoms with van der Waals surface area (Å²) >= 11 is 0. The Balaban J connectivity index is 1.82. The van der Waals surface area contributed by atoms with Crippen LogP contribution < -0.4 is 0 Å². The van der Waals surface area contributed by atoms with Crippen LogP contribution in [0.4, 0.5) is 0 Å². The molecule has 2 saturated heterocycles. The first kappa shape index (κ1) is 13.3. The van der Waals surface area contributed by atoms with Gasteiger partial charge in [0.15, 0.2) is 0 Å². The van der Waals surface area contributed by atoms with Crippen molar-refractivity contribution in [3.8, 4) is 0 Å². The minimum atomic E-state index is -0.722. The van der Waals surface area contributed by atoms with Crippen LogP contribution in [-0.2, 0) is 9.59 Å². The molecule has 102 valence electrons. The number of carbonyl (C=O) groups is 2. The molecule has 0 radical (unpaired) electrons. The third-order valence-electron chi connectivity index (χ3n) is 3.78. The van der Waals surface area contributed by atoms with Crippen molar-refractivity contribution in [3.63, 3.8) is 0 Å². The van der Waals surface area contributed by atoms with E-state index < -0.39 is 5.60 Å². The molecule has 2 heterocycles. The Morgan fingerprint density at radius 3 is 2.67 bits per heavy atom. The molecule has 0 aromatic carbocycles. The molecule has 18 heavy (non-hydrogen) atoms. The van der Waals surface area contributed by atoms with E-state index in [0.717, 1.165) is 19.4 Å². The minimum absolute atomic E-state index is 0.0316. The molecule has 1 atom stereocenters. The van der Waals surface area contributed by atoms with Gasteiger partial charge in [-0.05, 0) is 26.7 Å². The van der Waals surface area contributed by atoms with Crippen molar-refractivity contribution in [1.82, 2.24) is 9.80 Å². The van der Waals surface area contributed by atoms with E-state index in [1.54, 1.807) is 11.8 Å². The second-order valence-corrected chi connectivity index (χ2v) is 5.84. The summed E-state index contributed by atoms with van der Waals surface area (Å²) in [6, 6.07) is -0.0316. The lowest BCUT2D eigenvalue weighted by atomic mass is 9.96. The van der Waals surface area contributed by atoms with Crippen LogP contribution in [0, 0.1) is 0 Å². The molecule has 2 rings (SSSR count). The number of aliphatic hydroxyl groups is 1. The van der Waals surface area contributed by atoms with Crippen LogP contribution in [0.3, 0.4) is 0 Å². The highest BCUT2D eigenvalue weighted by Gasteiger charge is 2.40. The summed E-state index contributed by atoms with van der Waals surface area (Å²) in [6.07, 6.45) is 2.96. The van der Waals surface area contributed by atoms with E-state index in [-0.39, 0.29) is 17.9 Å². The third kappa shape index (κ3) is 2.83. The Morgan fingerprint density at radius 2 is 2.11 bits per heavy atom. The second-order valence-electron chi connectivity index (χ2n) is 5.84. The number of amides is 2. The Hall–Kier alpha value is -1.10. The number of hydrogen-bond donors (Lipinski definition) is 1. The smallest absolute Gasteiger partial charge is 0.224 e. The van der Waals surface area contributed by atoms with Crippen molar-refractivity contribution >= 4 is 11.8 Å². The highest BCUT2D eigenvalue weighted by molar-refractivity contribution is 5.80. The molecule has 0 bridgehead atoms. The van der Waals surface area contributed by atoms with Gasteiger partial charge in [0.1, 0.15) is 0 Å². The molecule has 2 fully saturated rings. The van der Waals surface area contributed by atoms with Crippen LogP contribution in [0.15, 0.2) is 0 Å². The lowest BCUT2D eigenvalue weighted by Gasteiger charge is -2.45. The first-order valence-electron chi connectivity index (χ1n) is 6.69. The summed E-state index contributed by atoms with van der Waals surface area (Å²) < 4.78 is 0. The summed E-state index contributed by atoms with van der Waals surface area (Å²) in [6.45, 7) is 5.25. The van der Waals surface area contributed by atoms with Gasteiger partial charge in [0.2, 0.25) is 11.8 Å². The van der Waals surface area contributed by atoms with Crippen LogP contribution in [0.5, 0.6) is 0 Å². The van der Waals surface area contributed by atoms with Gasteiger partial charge in [-0.2, -0.15) is 0 Å². The zero-order valence-electron chi connectivity index (χ0n) is 11.2. The van der Waals surface area contributed by atoms with Crippen molar-refractivity contribution < 1.29 is 14.7 Å². The van der Waals surface area contributed by atoms with Gasteiger partial charge < -0.3 is 14.9 Å². The topological polar surface area (TPSA) is 60.9 Å². The number of hydrogen-bond acceptors (Lipinski definition) is 3. The van der Waals surface area contributed by atoms with Gasteiger partial charge >= 0.3 is 0 Å². The molecule has 2 aliphatic rings. The Kier molecular flexibility index (Phi) is 3.61. The molecule has 1 N–H and O–H groups in total. The monoisotopic (exact) mass is 254 g/mol. The normalized spacial score (nSPS) is 24.7. The van der Waals surface area contributed by atoms with Gasteiger partial charge in [0.25, 0.3) is 0 Å². The number of carbonyl (C=O) groups excluding carboxylic acids is 2. The lowest BCUT2D eigenvalue weighted by Crippen LogP contribution is -2.62. The molecule has 0 aromatic heterocycles. The van der Waals surface area contributed by atoms with E-state index in [2.05, 4.69) is 0 Å². The largest absolute Gasteiger partial charge is 0.386 e. The van der Waals surface area contributed by atoms with Crippen molar-refractivity contribution in [2.45, 2.75) is 51.2 Å². The van der Waals surface area contributed by atoms with E-state index in [4.69, 9.17) is 0 Å². The lowest BCUT2D eigenvalue weighted by molar-refractivity contribution is -0.154. The fraction of sp³-hybridized carbons (Fsp3) is 0.846. The van der Waals surface area contributed by atoms with E-state index in [9.17, 15) is 14.7 Å². The number of β-amino-alcohol motifs (C(OH)–C–C–N with tert-alkyl or cyclic N) is 1. The van der Waals surface area contributed by atoms with Gasteiger partial charge in [0, 0.05) is 25.4 Å². The third-order valence-corrected chi connectivity index (χ3v) is 3.78. The van der Waals surface area contributed by atoms with E-state index in [1.807, 2.05) is 11.8 Å². The fourth-order valence-electron chi connectivity index (χ4n) is 2.74. The van der Waals surface area contributed by atoms with E-state index >= 15 is 0 Å². The molecular formula is C13H22N2O3. The summed E-state index contributed by atoms with van der Waals surface area (Å²) in [7, 11) is 0. The Morgan fingerprint density at radius 1 is 1.44 bits per heavy atom. The summed E-state index contributed by atoms with van der Waals surface area (Å²) in [5, 5.41) is 9.60. The van der Waals surface area contributed by atoms with Crippen LogP contribution in [-0.4, -0.2) is 58.0 Å².